The maximum Gasteiger partial charge on any atom is 0.255 e. The first-order valence-corrected chi connectivity index (χ1v) is 20.0. The topological polar surface area (TPSA) is 69.1 Å². The van der Waals surface area contributed by atoms with Gasteiger partial charge in [-0.15, -0.1) is 0 Å². The molecule has 286 valence electrons. The van der Waals surface area contributed by atoms with Gasteiger partial charge >= 0.3 is 0 Å². The van der Waals surface area contributed by atoms with Gasteiger partial charge in [-0.2, -0.15) is 0 Å². The van der Waals surface area contributed by atoms with E-state index in [1.165, 1.54) is 16.7 Å². The molecule has 1 aromatic heterocycles. The van der Waals surface area contributed by atoms with Gasteiger partial charge in [-0.05, 0) is 105 Å². The fraction of sp³-hybridized carbons (Fsp3) is 0.457. The highest BCUT2D eigenvalue weighted by Crippen LogP contribution is 2.35. The van der Waals surface area contributed by atoms with Crippen LogP contribution in [0.15, 0.2) is 66.7 Å². The monoisotopic (exact) mass is 729 g/mol. The maximum absolute atomic E-state index is 14.9. The lowest BCUT2D eigenvalue weighted by Crippen LogP contribution is -2.43. The van der Waals surface area contributed by atoms with Crippen molar-refractivity contribution in [1.29, 1.82) is 0 Å². The molecule has 3 heterocycles. The van der Waals surface area contributed by atoms with E-state index < -0.39 is 0 Å². The largest absolute Gasteiger partial charge is 0.347 e. The van der Waals surface area contributed by atoms with Gasteiger partial charge in [0.15, 0.2) is 0 Å². The summed E-state index contributed by atoms with van der Waals surface area (Å²) in [5, 5.41) is 0. The molecular weight excluding hydrogens is 671 g/mol. The van der Waals surface area contributed by atoms with E-state index in [0.29, 0.717) is 43.6 Å². The molecule has 6 rings (SSSR count). The summed E-state index contributed by atoms with van der Waals surface area (Å²) >= 11 is 0. The molecular formula is C46H59N5O3. The van der Waals surface area contributed by atoms with Crippen molar-refractivity contribution in [2.24, 2.45) is 7.05 Å². The predicted molar refractivity (Wildman–Crippen MR) is 217 cm³/mol. The van der Waals surface area contributed by atoms with Crippen LogP contribution < -0.4 is 0 Å². The fourth-order valence-corrected chi connectivity index (χ4v) is 8.09. The van der Waals surface area contributed by atoms with Crippen LogP contribution >= 0.6 is 0 Å². The lowest BCUT2D eigenvalue weighted by atomic mass is 9.89. The molecule has 54 heavy (non-hydrogen) atoms. The molecule has 0 spiro atoms. The Hall–Kier alpha value is -4.69. The van der Waals surface area contributed by atoms with Crippen LogP contribution in [0.3, 0.4) is 0 Å². The number of nitrogens with zero attached hydrogens (tertiary/aromatic N) is 5. The van der Waals surface area contributed by atoms with Crippen molar-refractivity contribution >= 4 is 17.7 Å². The van der Waals surface area contributed by atoms with Crippen molar-refractivity contribution in [3.8, 4) is 11.3 Å². The Bertz CT molecular complexity index is 1970. The Morgan fingerprint density at radius 1 is 0.796 bits per heavy atom. The molecule has 2 aliphatic heterocycles. The molecule has 3 aromatic carbocycles. The van der Waals surface area contributed by atoms with Crippen LogP contribution in [0.2, 0.25) is 0 Å². The van der Waals surface area contributed by atoms with Crippen LogP contribution in [-0.2, 0) is 50.7 Å². The van der Waals surface area contributed by atoms with E-state index in [1.54, 1.807) is 0 Å². The van der Waals surface area contributed by atoms with E-state index in [1.807, 2.05) is 46.9 Å². The number of carbonyl (C=O) groups is 3. The average molecular weight is 730 g/mol. The zero-order chi connectivity index (χ0) is 38.5. The molecule has 0 saturated heterocycles. The van der Waals surface area contributed by atoms with Crippen molar-refractivity contribution in [3.63, 3.8) is 0 Å². The Balaban J connectivity index is 1.35. The van der Waals surface area contributed by atoms with Gasteiger partial charge in [0.1, 0.15) is 0 Å². The number of benzene rings is 3. The number of carbonyl (C=O) groups excluding carboxylic acids is 3. The van der Waals surface area contributed by atoms with Crippen LogP contribution in [-0.4, -0.2) is 81.7 Å². The fourth-order valence-electron chi connectivity index (χ4n) is 8.09. The highest BCUT2D eigenvalue weighted by molar-refractivity contribution is 6.03. The molecule has 8 nitrogen and oxygen atoms in total. The third-order valence-corrected chi connectivity index (χ3v) is 11.5. The Morgan fingerprint density at radius 2 is 1.46 bits per heavy atom. The van der Waals surface area contributed by atoms with E-state index in [9.17, 15) is 14.4 Å². The summed E-state index contributed by atoms with van der Waals surface area (Å²) in [6.45, 7) is 12.4. The zero-order valence-corrected chi connectivity index (χ0v) is 33.6. The minimum atomic E-state index is -0.0182. The van der Waals surface area contributed by atoms with E-state index in [-0.39, 0.29) is 23.8 Å². The number of amides is 3. The SMILES string of the molecule is CCCCN(CCCC)C(=O)c1cc(-c2cc3c(cc2C(=O)N2Cc4ccccc4C[C@H]2C)CN(C(=O)Cc2ccc(CN(C)C)cc2)CC3)n(C)c1C. The minimum Gasteiger partial charge on any atom is -0.347 e. The number of hydrogen-bond donors (Lipinski definition) is 0. The second-order valence-electron chi connectivity index (χ2n) is 15.8. The van der Waals surface area contributed by atoms with Crippen molar-refractivity contribution < 1.29 is 14.4 Å². The molecule has 0 N–H and O–H groups in total. The smallest absolute Gasteiger partial charge is 0.255 e. The second kappa shape index (κ2) is 17.2. The summed E-state index contributed by atoms with van der Waals surface area (Å²) in [5.41, 5.74) is 10.8. The zero-order valence-electron chi connectivity index (χ0n) is 33.6. The Morgan fingerprint density at radius 3 is 2.13 bits per heavy atom. The molecule has 8 heteroatoms. The van der Waals surface area contributed by atoms with Crippen LogP contribution in [0.25, 0.3) is 11.3 Å². The van der Waals surface area contributed by atoms with Gasteiger partial charge < -0.3 is 24.2 Å². The quantitative estimate of drug-likeness (QED) is 0.141. The summed E-state index contributed by atoms with van der Waals surface area (Å²) in [7, 11) is 6.11. The van der Waals surface area contributed by atoms with Gasteiger partial charge in [0.05, 0.1) is 12.0 Å². The highest BCUT2D eigenvalue weighted by atomic mass is 16.2. The van der Waals surface area contributed by atoms with Crippen molar-refractivity contribution in [3.05, 3.63) is 117 Å². The van der Waals surface area contributed by atoms with Crippen molar-refractivity contribution in [1.82, 2.24) is 24.2 Å². The van der Waals surface area contributed by atoms with E-state index in [0.717, 1.165) is 85.4 Å². The van der Waals surface area contributed by atoms with Gasteiger partial charge in [0, 0.05) is 74.9 Å². The van der Waals surface area contributed by atoms with Gasteiger partial charge in [-0.25, -0.2) is 0 Å². The molecule has 0 bridgehead atoms. The van der Waals surface area contributed by atoms with Crippen LogP contribution in [0.1, 0.15) is 106 Å². The Labute approximate surface area is 322 Å². The number of aromatic nitrogens is 1. The molecule has 4 aromatic rings. The molecule has 1 atom stereocenters. The van der Waals surface area contributed by atoms with E-state index >= 15 is 0 Å². The van der Waals surface area contributed by atoms with E-state index in [2.05, 4.69) is 92.9 Å². The molecule has 0 radical (unpaired) electrons. The van der Waals surface area contributed by atoms with E-state index in [4.69, 9.17) is 0 Å². The first kappa shape index (κ1) is 39.0. The normalized spacial score (nSPS) is 15.3. The number of fused-ring (bicyclic) bond motifs is 2. The van der Waals surface area contributed by atoms with Crippen LogP contribution in [0, 0.1) is 6.92 Å². The molecule has 0 unspecified atom stereocenters. The standard InChI is InChI=1S/C46H59N5O3/c1-8-10-21-49(22-11-9-2)45(53)40-28-43(48(7)33(40)4)41-26-37-20-23-50(44(52)25-34-16-18-35(19-17-34)29-47(5)6)30-39(37)27-42(41)46(54)51-31-38-15-13-12-14-36(38)24-32(51)3/h12-19,26-28,32H,8-11,20-25,29-31H2,1-7H3/t32-/m1/s1. The number of rotatable bonds is 13. The third-order valence-electron chi connectivity index (χ3n) is 11.5. The van der Waals surface area contributed by atoms with Crippen molar-refractivity contribution in [2.75, 3.05) is 33.7 Å². The summed E-state index contributed by atoms with van der Waals surface area (Å²) < 4.78 is 2.08. The lowest BCUT2D eigenvalue weighted by Gasteiger charge is -2.36. The molecule has 0 saturated carbocycles. The molecule has 3 amide bonds. The minimum absolute atomic E-state index is 0.0182. The first-order chi connectivity index (χ1) is 26.0. The average Bonchev–Trinajstić information content (AvgIpc) is 3.46. The number of unbranched alkanes of at least 4 members (excludes halogenated alkanes) is 2. The Kier molecular flexibility index (Phi) is 12.4. The van der Waals surface area contributed by atoms with Crippen LogP contribution in [0.4, 0.5) is 0 Å². The van der Waals surface area contributed by atoms with Gasteiger partial charge in [0.2, 0.25) is 5.91 Å². The van der Waals surface area contributed by atoms with Gasteiger partial charge in [-0.3, -0.25) is 14.4 Å². The summed E-state index contributed by atoms with van der Waals surface area (Å²) in [5.74, 6) is 0.135. The molecule has 0 aliphatic carbocycles. The van der Waals surface area contributed by atoms with Crippen molar-refractivity contribution in [2.45, 2.75) is 98.3 Å². The second-order valence-corrected chi connectivity index (χ2v) is 15.8. The van der Waals surface area contributed by atoms with Gasteiger partial charge in [0.25, 0.3) is 11.8 Å². The predicted octanol–water partition coefficient (Wildman–Crippen LogP) is 7.82. The summed E-state index contributed by atoms with van der Waals surface area (Å²) in [6, 6.07) is 23.0. The van der Waals surface area contributed by atoms with Crippen LogP contribution in [0.5, 0.6) is 0 Å². The molecule has 2 aliphatic rings. The maximum atomic E-state index is 14.9. The molecule has 0 fully saturated rings. The summed E-state index contributed by atoms with van der Waals surface area (Å²) in [4.78, 5) is 50.8. The lowest BCUT2D eigenvalue weighted by molar-refractivity contribution is -0.131. The first-order valence-electron chi connectivity index (χ1n) is 20.0. The summed E-state index contributed by atoms with van der Waals surface area (Å²) in [6.07, 6.45) is 5.85. The highest BCUT2D eigenvalue weighted by Gasteiger charge is 2.32. The van der Waals surface area contributed by atoms with Gasteiger partial charge in [-0.1, -0.05) is 75.2 Å². The number of hydrogen-bond acceptors (Lipinski definition) is 4. The third kappa shape index (κ3) is 8.49.